The summed E-state index contributed by atoms with van der Waals surface area (Å²) < 4.78 is 15.8. The molecule has 2 aromatic rings. The summed E-state index contributed by atoms with van der Waals surface area (Å²) in [6.07, 6.45) is 3.97. The number of carbonyl (C=O) groups excluding carboxylic acids is 1. The van der Waals surface area contributed by atoms with Gasteiger partial charge >= 0.3 is 0 Å². The number of rotatable bonds is 4. The molecule has 1 amide bonds. The Morgan fingerprint density at radius 1 is 1.23 bits per heavy atom. The summed E-state index contributed by atoms with van der Waals surface area (Å²) >= 11 is 0. The Hall–Kier alpha value is -2.50. The van der Waals surface area contributed by atoms with Crippen molar-refractivity contribution >= 4 is 11.8 Å². The number of aryl methyl sites for hydroxylation is 1. The number of hydrogen-bond acceptors (Lipinski definition) is 5. The molecule has 0 atom stereocenters. The van der Waals surface area contributed by atoms with E-state index in [1.165, 1.54) is 14.2 Å². The number of hydrogen-bond donors (Lipinski definition) is 1. The van der Waals surface area contributed by atoms with E-state index < -0.39 is 0 Å². The normalized spacial score (nSPS) is 13.4. The average Bonchev–Trinajstić information content (AvgIpc) is 2.97. The predicted molar refractivity (Wildman–Crippen MR) is 80.6 cm³/mol. The molecule has 0 unspecified atom stereocenters. The molecule has 1 aromatic heterocycles. The summed E-state index contributed by atoms with van der Waals surface area (Å²) in [6, 6.07) is 5.16. The van der Waals surface area contributed by atoms with Gasteiger partial charge in [-0.2, -0.15) is 0 Å². The quantitative estimate of drug-likeness (QED) is 0.940. The van der Waals surface area contributed by atoms with Gasteiger partial charge in [0.25, 0.3) is 5.91 Å². The van der Waals surface area contributed by atoms with E-state index in [2.05, 4.69) is 10.5 Å². The number of para-hydroxylation sites is 1. The van der Waals surface area contributed by atoms with Crippen molar-refractivity contribution in [2.24, 2.45) is 0 Å². The fraction of sp³-hybridized carbons (Fsp3) is 0.375. The topological polar surface area (TPSA) is 73.6 Å². The number of amides is 1. The molecule has 0 spiro atoms. The zero-order chi connectivity index (χ0) is 15.5. The molecule has 0 fully saturated rings. The third-order valence-corrected chi connectivity index (χ3v) is 3.83. The molecule has 1 aliphatic carbocycles. The van der Waals surface area contributed by atoms with Crippen LogP contribution in [0.25, 0.3) is 0 Å². The first-order chi connectivity index (χ1) is 10.7. The Morgan fingerprint density at radius 2 is 2.05 bits per heavy atom. The number of nitrogens with zero attached hydrogens (tertiary/aromatic N) is 1. The molecule has 1 heterocycles. The molecule has 0 saturated carbocycles. The number of aromatic nitrogens is 1. The summed E-state index contributed by atoms with van der Waals surface area (Å²) in [6.45, 7) is 0. The molecule has 22 heavy (non-hydrogen) atoms. The van der Waals surface area contributed by atoms with Crippen molar-refractivity contribution in [2.45, 2.75) is 25.7 Å². The molecule has 3 rings (SSSR count). The highest BCUT2D eigenvalue weighted by molar-refractivity contribution is 6.06. The van der Waals surface area contributed by atoms with Crippen LogP contribution in [-0.2, 0) is 12.8 Å². The van der Waals surface area contributed by atoms with Crippen molar-refractivity contribution in [3.63, 3.8) is 0 Å². The van der Waals surface area contributed by atoms with Crippen LogP contribution in [0.5, 0.6) is 11.5 Å². The number of nitrogens with one attached hydrogen (secondary N) is 1. The van der Waals surface area contributed by atoms with E-state index in [-0.39, 0.29) is 5.91 Å². The van der Waals surface area contributed by atoms with Gasteiger partial charge in [0, 0.05) is 5.56 Å². The summed E-state index contributed by atoms with van der Waals surface area (Å²) in [5.74, 6) is 1.04. The van der Waals surface area contributed by atoms with Gasteiger partial charge in [-0.1, -0.05) is 11.2 Å². The first-order valence-electron chi connectivity index (χ1n) is 7.24. The number of carbonyl (C=O) groups is 1. The van der Waals surface area contributed by atoms with Crippen LogP contribution in [-0.4, -0.2) is 25.3 Å². The van der Waals surface area contributed by atoms with Gasteiger partial charge in [-0.25, -0.2) is 0 Å². The Kier molecular flexibility index (Phi) is 4.00. The maximum absolute atomic E-state index is 12.5. The summed E-state index contributed by atoms with van der Waals surface area (Å²) in [7, 11) is 3.04. The van der Waals surface area contributed by atoms with Gasteiger partial charge < -0.3 is 14.0 Å². The number of fused-ring (bicyclic) bond motifs is 1. The molecule has 0 saturated heterocycles. The van der Waals surface area contributed by atoms with Crippen molar-refractivity contribution < 1.29 is 18.8 Å². The molecule has 1 aliphatic rings. The maximum atomic E-state index is 12.5. The van der Waals surface area contributed by atoms with Gasteiger partial charge in [0.2, 0.25) is 5.88 Å². The van der Waals surface area contributed by atoms with E-state index in [0.717, 1.165) is 36.9 Å². The van der Waals surface area contributed by atoms with E-state index >= 15 is 0 Å². The molecule has 6 nitrogen and oxygen atoms in total. The Bertz CT molecular complexity index is 693. The Morgan fingerprint density at radius 3 is 2.82 bits per heavy atom. The van der Waals surface area contributed by atoms with Gasteiger partial charge in [-0.05, 0) is 37.8 Å². The lowest BCUT2D eigenvalue weighted by Crippen LogP contribution is -2.15. The van der Waals surface area contributed by atoms with E-state index in [1.807, 2.05) is 0 Å². The second kappa shape index (κ2) is 6.09. The van der Waals surface area contributed by atoms with Gasteiger partial charge in [0.1, 0.15) is 0 Å². The lowest BCUT2D eigenvalue weighted by Gasteiger charge is -2.13. The molecule has 1 aromatic carbocycles. The van der Waals surface area contributed by atoms with E-state index in [0.29, 0.717) is 22.9 Å². The second-order valence-electron chi connectivity index (χ2n) is 5.14. The SMILES string of the molecule is COc1cccc(C(=O)Nc2onc3c2CCCC3)c1OC. The highest BCUT2D eigenvalue weighted by Crippen LogP contribution is 2.32. The lowest BCUT2D eigenvalue weighted by atomic mass is 9.97. The zero-order valence-electron chi connectivity index (χ0n) is 12.6. The van der Waals surface area contributed by atoms with Gasteiger partial charge in [0.05, 0.1) is 25.5 Å². The fourth-order valence-electron chi connectivity index (χ4n) is 2.73. The smallest absolute Gasteiger partial charge is 0.261 e. The fourth-order valence-corrected chi connectivity index (χ4v) is 2.73. The minimum atomic E-state index is -0.305. The number of ether oxygens (including phenoxy) is 2. The first kappa shape index (κ1) is 14.4. The highest BCUT2D eigenvalue weighted by Gasteiger charge is 2.23. The summed E-state index contributed by atoms with van der Waals surface area (Å²) in [5.41, 5.74) is 2.34. The molecular weight excluding hydrogens is 284 g/mol. The minimum Gasteiger partial charge on any atom is -0.493 e. The van der Waals surface area contributed by atoms with Crippen molar-refractivity contribution in [1.29, 1.82) is 0 Å². The van der Waals surface area contributed by atoms with Crippen molar-refractivity contribution in [1.82, 2.24) is 5.16 Å². The van der Waals surface area contributed by atoms with Gasteiger partial charge in [-0.15, -0.1) is 0 Å². The van der Waals surface area contributed by atoms with Crippen LogP contribution in [0.2, 0.25) is 0 Å². The van der Waals surface area contributed by atoms with Crippen LogP contribution in [0.3, 0.4) is 0 Å². The minimum absolute atomic E-state index is 0.305. The standard InChI is InChI=1S/C16H18N2O4/c1-20-13-9-5-7-11(14(13)21-2)15(19)17-16-10-6-3-4-8-12(10)18-22-16/h5,7,9H,3-4,6,8H2,1-2H3,(H,17,19). The van der Waals surface area contributed by atoms with Crippen molar-refractivity contribution in [2.75, 3.05) is 19.5 Å². The number of benzene rings is 1. The van der Waals surface area contributed by atoms with Crippen LogP contribution >= 0.6 is 0 Å². The summed E-state index contributed by atoms with van der Waals surface area (Å²) in [5, 5.41) is 6.82. The highest BCUT2D eigenvalue weighted by atomic mass is 16.5. The average molecular weight is 302 g/mol. The maximum Gasteiger partial charge on any atom is 0.261 e. The molecule has 0 radical (unpaired) electrons. The second-order valence-corrected chi connectivity index (χ2v) is 5.14. The van der Waals surface area contributed by atoms with Crippen LogP contribution in [0.15, 0.2) is 22.7 Å². The molecule has 0 aliphatic heterocycles. The Labute approximate surface area is 128 Å². The summed E-state index contributed by atoms with van der Waals surface area (Å²) in [4.78, 5) is 12.5. The third-order valence-electron chi connectivity index (χ3n) is 3.83. The van der Waals surface area contributed by atoms with E-state index in [1.54, 1.807) is 18.2 Å². The van der Waals surface area contributed by atoms with Crippen LogP contribution < -0.4 is 14.8 Å². The third kappa shape index (κ3) is 2.52. The van der Waals surface area contributed by atoms with Crippen LogP contribution in [0.4, 0.5) is 5.88 Å². The number of methoxy groups -OCH3 is 2. The van der Waals surface area contributed by atoms with Crippen LogP contribution in [0, 0.1) is 0 Å². The molecule has 6 heteroatoms. The number of anilines is 1. The lowest BCUT2D eigenvalue weighted by molar-refractivity contribution is 0.102. The van der Waals surface area contributed by atoms with Gasteiger partial charge in [-0.3, -0.25) is 10.1 Å². The van der Waals surface area contributed by atoms with Crippen LogP contribution in [0.1, 0.15) is 34.5 Å². The monoisotopic (exact) mass is 302 g/mol. The molecular formula is C16H18N2O4. The largest absolute Gasteiger partial charge is 0.493 e. The van der Waals surface area contributed by atoms with E-state index in [4.69, 9.17) is 14.0 Å². The first-order valence-corrected chi connectivity index (χ1v) is 7.24. The van der Waals surface area contributed by atoms with Crippen molar-refractivity contribution in [3.05, 3.63) is 35.0 Å². The Balaban J connectivity index is 1.88. The van der Waals surface area contributed by atoms with E-state index in [9.17, 15) is 4.79 Å². The molecule has 1 N–H and O–H groups in total. The van der Waals surface area contributed by atoms with Gasteiger partial charge in [0.15, 0.2) is 11.5 Å². The zero-order valence-corrected chi connectivity index (χ0v) is 12.6. The predicted octanol–water partition coefficient (Wildman–Crippen LogP) is 2.82. The molecule has 116 valence electrons. The molecule has 0 bridgehead atoms. The van der Waals surface area contributed by atoms with Crippen molar-refractivity contribution in [3.8, 4) is 11.5 Å².